The van der Waals surface area contributed by atoms with E-state index in [0.717, 1.165) is 4.31 Å². The number of anilines is 1. The van der Waals surface area contributed by atoms with E-state index in [9.17, 15) is 18.0 Å². The maximum absolute atomic E-state index is 14.2. The minimum Gasteiger partial charge on any atom is -0.354 e. The molecule has 0 heterocycles. The number of aryl methyl sites for hydroxylation is 1. The lowest BCUT2D eigenvalue weighted by atomic mass is 10.1. The van der Waals surface area contributed by atoms with Crippen molar-refractivity contribution in [1.82, 2.24) is 10.2 Å². The molecule has 41 heavy (non-hydrogen) atoms. The lowest BCUT2D eigenvalue weighted by Crippen LogP contribution is -2.52. The monoisotopic (exact) mass is 637 g/mol. The minimum atomic E-state index is -4.18. The van der Waals surface area contributed by atoms with Gasteiger partial charge in [-0.2, -0.15) is 0 Å². The Bertz CT molecular complexity index is 1480. The first-order chi connectivity index (χ1) is 19.3. The molecule has 0 aliphatic carbocycles. The van der Waals surface area contributed by atoms with Crippen LogP contribution in [0.1, 0.15) is 38.3 Å². The predicted molar refractivity (Wildman–Crippen MR) is 166 cm³/mol. The van der Waals surface area contributed by atoms with E-state index in [1.54, 1.807) is 68.4 Å². The van der Waals surface area contributed by atoms with E-state index in [0.29, 0.717) is 44.8 Å². The van der Waals surface area contributed by atoms with Crippen LogP contribution in [0.5, 0.6) is 0 Å². The first kappa shape index (κ1) is 32.7. The summed E-state index contributed by atoms with van der Waals surface area (Å²) in [6.45, 7) is 7.30. The van der Waals surface area contributed by atoms with E-state index in [-0.39, 0.29) is 23.3 Å². The number of carbonyl (C=O) groups is 2. The molecule has 0 aliphatic rings. The number of rotatable bonds is 12. The van der Waals surface area contributed by atoms with Gasteiger partial charge in [0, 0.05) is 28.2 Å². The second-order valence-electron chi connectivity index (χ2n) is 10.1. The molecular weight excluding hydrogens is 605 g/mol. The van der Waals surface area contributed by atoms with Gasteiger partial charge in [-0.1, -0.05) is 79.8 Å². The topological polar surface area (TPSA) is 86.8 Å². The summed E-state index contributed by atoms with van der Waals surface area (Å²) < 4.78 is 28.9. The van der Waals surface area contributed by atoms with Crippen LogP contribution in [0.4, 0.5) is 5.69 Å². The molecule has 0 aromatic heterocycles. The van der Waals surface area contributed by atoms with E-state index in [1.807, 2.05) is 13.8 Å². The van der Waals surface area contributed by atoms with Gasteiger partial charge in [-0.3, -0.25) is 13.9 Å². The Labute approximate surface area is 257 Å². The van der Waals surface area contributed by atoms with Crippen LogP contribution in [0, 0.1) is 12.8 Å². The van der Waals surface area contributed by atoms with E-state index in [4.69, 9.17) is 34.8 Å². The summed E-state index contributed by atoms with van der Waals surface area (Å²) in [7, 11) is -4.18. The van der Waals surface area contributed by atoms with Gasteiger partial charge in [0.2, 0.25) is 11.8 Å². The molecule has 7 nitrogen and oxygen atoms in total. The number of hydrogen-bond donors (Lipinski definition) is 1. The van der Waals surface area contributed by atoms with Gasteiger partial charge >= 0.3 is 0 Å². The number of benzene rings is 3. The Hall–Kier alpha value is -2.78. The van der Waals surface area contributed by atoms with Crippen molar-refractivity contribution in [3.05, 3.63) is 92.9 Å². The summed E-state index contributed by atoms with van der Waals surface area (Å²) in [5, 5.41) is 4.09. The normalized spacial score (nSPS) is 12.2. The third kappa shape index (κ3) is 8.38. The number of sulfonamides is 1. The Balaban J connectivity index is 2.09. The van der Waals surface area contributed by atoms with Gasteiger partial charge in [-0.15, -0.1) is 0 Å². The molecule has 1 atom stereocenters. The fraction of sp³-hybridized carbons (Fsp3) is 0.333. The average Bonchev–Trinajstić information content (AvgIpc) is 2.92. The average molecular weight is 639 g/mol. The number of nitrogens with zero attached hydrogens (tertiary/aromatic N) is 2. The lowest BCUT2D eigenvalue weighted by Gasteiger charge is -2.34. The molecule has 0 saturated carbocycles. The molecule has 11 heteroatoms. The van der Waals surface area contributed by atoms with Gasteiger partial charge in [0.25, 0.3) is 10.0 Å². The molecule has 1 N–H and O–H groups in total. The van der Waals surface area contributed by atoms with E-state index < -0.39 is 28.5 Å². The standard InChI is InChI=1S/C30H34Cl3N3O4S/c1-5-27(30(38)34-17-20(2)3)35(18-22-11-12-24(32)16-26(22)33)29(37)19-36(28-14-13-23(31)15-21(28)4)41(39,40)25-9-7-6-8-10-25/h6-16,20,27H,5,17-19H2,1-4H3,(H,34,38)/t27-/m0/s1. The number of nitrogens with one attached hydrogen (secondary N) is 1. The van der Waals surface area contributed by atoms with Crippen molar-refractivity contribution in [2.75, 3.05) is 17.4 Å². The minimum absolute atomic E-state index is 0.0242. The highest BCUT2D eigenvalue weighted by Crippen LogP contribution is 2.30. The van der Waals surface area contributed by atoms with E-state index in [1.165, 1.54) is 17.0 Å². The predicted octanol–water partition coefficient (Wildman–Crippen LogP) is 6.73. The summed E-state index contributed by atoms with van der Waals surface area (Å²) in [4.78, 5) is 28.9. The van der Waals surface area contributed by atoms with Crippen LogP contribution in [0.15, 0.2) is 71.6 Å². The first-order valence-electron chi connectivity index (χ1n) is 13.2. The van der Waals surface area contributed by atoms with E-state index in [2.05, 4.69) is 5.32 Å². The van der Waals surface area contributed by atoms with E-state index >= 15 is 0 Å². The zero-order valence-electron chi connectivity index (χ0n) is 23.4. The zero-order valence-corrected chi connectivity index (χ0v) is 26.5. The van der Waals surface area contributed by atoms with Gasteiger partial charge in [-0.25, -0.2) is 8.42 Å². The number of amides is 2. The summed E-state index contributed by atoms with van der Waals surface area (Å²) in [6.07, 6.45) is 0.298. The quantitative estimate of drug-likeness (QED) is 0.238. The second kappa shape index (κ2) is 14.4. The maximum Gasteiger partial charge on any atom is 0.264 e. The molecule has 0 radical (unpaired) electrons. The fourth-order valence-corrected chi connectivity index (χ4v) is 6.50. The van der Waals surface area contributed by atoms with Gasteiger partial charge in [0.1, 0.15) is 12.6 Å². The maximum atomic E-state index is 14.2. The first-order valence-corrected chi connectivity index (χ1v) is 15.8. The molecule has 0 bridgehead atoms. The van der Waals surface area contributed by atoms with Crippen molar-refractivity contribution in [2.45, 2.75) is 51.6 Å². The van der Waals surface area contributed by atoms with Gasteiger partial charge in [0.15, 0.2) is 0 Å². The Morgan fingerprint density at radius 3 is 2.15 bits per heavy atom. The number of carbonyl (C=O) groups excluding carboxylic acids is 2. The highest BCUT2D eigenvalue weighted by molar-refractivity contribution is 7.92. The third-order valence-corrected chi connectivity index (χ3v) is 9.06. The fourth-order valence-electron chi connectivity index (χ4n) is 4.31. The summed E-state index contributed by atoms with van der Waals surface area (Å²) in [5.41, 5.74) is 1.44. The van der Waals surface area contributed by atoms with Crippen LogP contribution in [-0.4, -0.2) is 44.3 Å². The van der Waals surface area contributed by atoms with Gasteiger partial charge in [-0.05, 0) is 72.9 Å². The van der Waals surface area contributed by atoms with Crippen LogP contribution in [0.2, 0.25) is 15.1 Å². The Morgan fingerprint density at radius 1 is 0.927 bits per heavy atom. The molecule has 0 unspecified atom stereocenters. The lowest BCUT2D eigenvalue weighted by molar-refractivity contribution is -0.140. The molecular formula is C30H34Cl3N3O4S. The molecule has 3 aromatic carbocycles. The van der Waals surface area contributed by atoms with Crippen molar-refractivity contribution >= 4 is 62.3 Å². The molecule has 3 aromatic rings. The zero-order chi connectivity index (χ0) is 30.3. The van der Waals surface area contributed by atoms with Crippen LogP contribution < -0.4 is 9.62 Å². The summed E-state index contributed by atoms with van der Waals surface area (Å²) in [5.74, 6) is -0.707. The van der Waals surface area contributed by atoms with Crippen LogP contribution in [0.25, 0.3) is 0 Å². The highest BCUT2D eigenvalue weighted by Gasteiger charge is 2.34. The van der Waals surface area contributed by atoms with Crippen molar-refractivity contribution in [3.8, 4) is 0 Å². The molecule has 0 aliphatic heterocycles. The SMILES string of the molecule is CC[C@@H](C(=O)NCC(C)C)N(Cc1ccc(Cl)cc1Cl)C(=O)CN(c1ccc(Cl)cc1C)S(=O)(=O)c1ccccc1. The third-order valence-electron chi connectivity index (χ3n) is 6.46. The molecule has 0 saturated heterocycles. The molecule has 3 rings (SSSR count). The molecule has 0 spiro atoms. The van der Waals surface area contributed by atoms with Crippen LogP contribution in [0.3, 0.4) is 0 Å². The summed E-state index contributed by atoms with van der Waals surface area (Å²) in [6, 6.07) is 16.7. The largest absolute Gasteiger partial charge is 0.354 e. The summed E-state index contributed by atoms with van der Waals surface area (Å²) >= 11 is 18.7. The molecule has 0 fully saturated rings. The second-order valence-corrected chi connectivity index (χ2v) is 13.2. The molecule has 220 valence electrons. The van der Waals surface area contributed by atoms with Gasteiger partial charge < -0.3 is 10.2 Å². The van der Waals surface area contributed by atoms with Crippen molar-refractivity contribution in [1.29, 1.82) is 0 Å². The van der Waals surface area contributed by atoms with Crippen LogP contribution >= 0.6 is 34.8 Å². The van der Waals surface area contributed by atoms with Crippen molar-refractivity contribution in [2.24, 2.45) is 5.92 Å². The Morgan fingerprint density at radius 2 is 1.56 bits per heavy atom. The van der Waals surface area contributed by atoms with Gasteiger partial charge in [0.05, 0.1) is 10.6 Å². The smallest absolute Gasteiger partial charge is 0.264 e. The molecule has 2 amide bonds. The number of hydrogen-bond acceptors (Lipinski definition) is 4. The Kier molecular flexibility index (Phi) is 11.5. The number of halogens is 3. The van der Waals surface area contributed by atoms with Crippen molar-refractivity contribution in [3.63, 3.8) is 0 Å². The van der Waals surface area contributed by atoms with Crippen LogP contribution in [-0.2, 0) is 26.2 Å². The highest BCUT2D eigenvalue weighted by atomic mass is 35.5. The van der Waals surface area contributed by atoms with Crippen molar-refractivity contribution < 1.29 is 18.0 Å².